The molecule has 0 atom stereocenters. The fraction of sp³-hybridized carbons (Fsp3) is 0.150. The van der Waals surface area contributed by atoms with Crippen molar-refractivity contribution in [2.24, 2.45) is 0 Å². The molecule has 130 valence electrons. The number of unbranched alkanes of at least 4 members (excludes halogenated alkanes) is 1. The standard InChI is InChI=1S/C20H17N3O2S/c21-12-4-5-13-25-19(24)11-10-16-15-23(17-7-2-1-3-8-17)22-20(16)18-9-6-14-26-18/h1-3,6-11,14-15H,4-5,13H2/b11-10+. The third kappa shape index (κ3) is 4.47. The highest BCUT2D eigenvalue weighted by Gasteiger charge is 2.11. The van der Waals surface area contributed by atoms with Crippen LogP contribution in [0.5, 0.6) is 0 Å². The Morgan fingerprint density at radius 2 is 2.12 bits per heavy atom. The smallest absolute Gasteiger partial charge is 0.330 e. The van der Waals surface area contributed by atoms with E-state index in [0.717, 1.165) is 21.8 Å². The number of nitriles is 1. The van der Waals surface area contributed by atoms with Crippen molar-refractivity contribution in [2.45, 2.75) is 12.8 Å². The molecule has 0 bridgehead atoms. The molecule has 2 heterocycles. The second-order valence-corrected chi connectivity index (χ2v) is 6.40. The van der Waals surface area contributed by atoms with E-state index in [-0.39, 0.29) is 6.61 Å². The molecule has 0 amide bonds. The molecule has 0 saturated heterocycles. The number of carbonyl (C=O) groups is 1. The lowest BCUT2D eigenvalue weighted by Crippen LogP contribution is -2.01. The van der Waals surface area contributed by atoms with Crippen molar-refractivity contribution < 1.29 is 9.53 Å². The highest BCUT2D eigenvalue weighted by atomic mass is 32.1. The van der Waals surface area contributed by atoms with Gasteiger partial charge in [-0.3, -0.25) is 0 Å². The molecule has 0 saturated carbocycles. The van der Waals surface area contributed by atoms with Gasteiger partial charge in [0.15, 0.2) is 0 Å². The van der Waals surface area contributed by atoms with Gasteiger partial charge in [-0.2, -0.15) is 10.4 Å². The molecule has 6 heteroatoms. The Bertz CT molecular complexity index is 922. The first kappa shape index (κ1) is 17.6. The summed E-state index contributed by atoms with van der Waals surface area (Å²) in [6, 6.07) is 15.8. The maximum atomic E-state index is 11.8. The van der Waals surface area contributed by atoms with Crippen LogP contribution < -0.4 is 0 Å². The normalized spacial score (nSPS) is 10.7. The Balaban J connectivity index is 1.81. The number of aromatic nitrogens is 2. The SMILES string of the molecule is N#CCCCOC(=O)/C=C/c1cn(-c2ccccc2)nc1-c1cccs1. The van der Waals surface area contributed by atoms with Crippen LogP contribution >= 0.6 is 11.3 Å². The van der Waals surface area contributed by atoms with Crippen molar-refractivity contribution in [3.8, 4) is 22.3 Å². The predicted molar refractivity (Wildman–Crippen MR) is 102 cm³/mol. The Hall–Kier alpha value is -3.17. The van der Waals surface area contributed by atoms with Crippen LogP contribution in [-0.4, -0.2) is 22.4 Å². The van der Waals surface area contributed by atoms with Gasteiger partial charge in [0.1, 0.15) is 5.69 Å². The number of esters is 1. The average molecular weight is 363 g/mol. The molecular weight excluding hydrogens is 346 g/mol. The molecule has 0 unspecified atom stereocenters. The molecule has 26 heavy (non-hydrogen) atoms. The van der Waals surface area contributed by atoms with Gasteiger partial charge in [0, 0.05) is 24.3 Å². The monoisotopic (exact) mass is 363 g/mol. The first-order chi connectivity index (χ1) is 12.8. The minimum absolute atomic E-state index is 0.248. The van der Waals surface area contributed by atoms with E-state index in [1.165, 1.54) is 6.08 Å². The molecule has 1 aromatic carbocycles. The maximum absolute atomic E-state index is 11.8. The van der Waals surface area contributed by atoms with Crippen molar-refractivity contribution >= 4 is 23.4 Å². The zero-order valence-electron chi connectivity index (χ0n) is 14.0. The van der Waals surface area contributed by atoms with E-state index in [1.54, 1.807) is 22.1 Å². The van der Waals surface area contributed by atoms with E-state index >= 15 is 0 Å². The Labute approximate surface area is 155 Å². The largest absolute Gasteiger partial charge is 0.462 e. The lowest BCUT2D eigenvalue weighted by atomic mass is 10.2. The maximum Gasteiger partial charge on any atom is 0.330 e. The first-order valence-electron chi connectivity index (χ1n) is 8.18. The van der Waals surface area contributed by atoms with Crippen LogP contribution in [0.4, 0.5) is 0 Å². The van der Waals surface area contributed by atoms with E-state index in [9.17, 15) is 4.79 Å². The summed E-state index contributed by atoms with van der Waals surface area (Å²) in [5.74, 6) is -0.424. The lowest BCUT2D eigenvalue weighted by Gasteiger charge is -1.99. The number of ether oxygens (including phenoxy) is 1. The fourth-order valence-corrected chi connectivity index (χ4v) is 3.09. The topological polar surface area (TPSA) is 67.9 Å². The van der Waals surface area contributed by atoms with Gasteiger partial charge in [0.25, 0.3) is 0 Å². The Morgan fingerprint density at radius 3 is 2.85 bits per heavy atom. The van der Waals surface area contributed by atoms with Crippen molar-refractivity contribution in [3.05, 3.63) is 65.7 Å². The number of carbonyl (C=O) groups excluding carboxylic acids is 1. The van der Waals surface area contributed by atoms with Gasteiger partial charge >= 0.3 is 5.97 Å². The molecule has 0 spiro atoms. The van der Waals surface area contributed by atoms with Crippen LogP contribution in [-0.2, 0) is 9.53 Å². The number of benzene rings is 1. The number of hydrogen-bond donors (Lipinski definition) is 0. The first-order valence-corrected chi connectivity index (χ1v) is 9.06. The number of thiophene rings is 1. The van der Waals surface area contributed by atoms with E-state index < -0.39 is 5.97 Å². The molecule has 0 aliphatic rings. The van der Waals surface area contributed by atoms with Crippen molar-refractivity contribution in [1.29, 1.82) is 5.26 Å². The highest BCUT2D eigenvalue weighted by molar-refractivity contribution is 7.13. The van der Waals surface area contributed by atoms with Gasteiger partial charge in [-0.15, -0.1) is 11.3 Å². The van der Waals surface area contributed by atoms with Gasteiger partial charge in [0.05, 0.1) is 23.2 Å². The van der Waals surface area contributed by atoms with Crippen LogP contribution in [0.2, 0.25) is 0 Å². The molecule has 3 rings (SSSR count). The van der Waals surface area contributed by atoms with Crippen LogP contribution in [0.3, 0.4) is 0 Å². The number of nitrogens with zero attached hydrogens (tertiary/aromatic N) is 3. The van der Waals surface area contributed by atoms with Crippen LogP contribution in [0.25, 0.3) is 22.3 Å². The van der Waals surface area contributed by atoms with Gasteiger partial charge in [0.2, 0.25) is 0 Å². The van der Waals surface area contributed by atoms with Crippen LogP contribution in [0.1, 0.15) is 18.4 Å². The van der Waals surface area contributed by atoms with Crippen molar-refractivity contribution in [2.75, 3.05) is 6.61 Å². The fourth-order valence-electron chi connectivity index (χ4n) is 2.36. The van der Waals surface area contributed by atoms with Gasteiger partial charge in [-0.25, -0.2) is 9.48 Å². The van der Waals surface area contributed by atoms with E-state index in [4.69, 9.17) is 10.00 Å². The molecule has 5 nitrogen and oxygen atoms in total. The van der Waals surface area contributed by atoms with E-state index in [1.807, 2.05) is 60.1 Å². The number of hydrogen-bond acceptors (Lipinski definition) is 5. The summed E-state index contributed by atoms with van der Waals surface area (Å²) in [6.07, 6.45) is 5.93. The quantitative estimate of drug-likeness (QED) is 0.353. The van der Waals surface area contributed by atoms with Crippen molar-refractivity contribution in [1.82, 2.24) is 9.78 Å². The predicted octanol–water partition coefficient (Wildman–Crippen LogP) is 4.46. The summed E-state index contributed by atoms with van der Waals surface area (Å²) in [7, 11) is 0. The number of rotatable bonds is 7. The zero-order chi connectivity index (χ0) is 18.2. The summed E-state index contributed by atoms with van der Waals surface area (Å²) in [4.78, 5) is 12.9. The third-order valence-corrected chi connectivity index (χ3v) is 4.47. The van der Waals surface area contributed by atoms with Crippen LogP contribution in [0, 0.1) is 11.3 Å². The van der Waals surface area contributed by atoms with Crippen molar-refractivity contribution in [3.63, 3.8) is 0 Å². The lowest BCUT2D eigenvalue weighted by molar-refractivity contribution is -0.137. The Kier molecular flexibility index (Phi) is 5.96. The molecule has 0 N–H and O–H groups in total. The van der Waals surface area contributed by atoms with Gasteiger partial charge in [-0.1, -0.05) is 24.3 Å². The molecular formula is C20H17N3O2S. The summed E-state index contributed by atoms with van der Waals surface area (Å²) in [5, 5.41) is 15.2. The van der Waals surface area contributed by atoms with Crippen LogP contribution in [0.15, 0.2) is 60.1 Å². The minimum atomic E-state index is -0.424. The summed E-state index contributed by atoms with van der Waals surface area (Å²) >= 11 is 1.60. The van der Waals surface area contributed by atoms with E-state index in [0.29, 0.717) is 12.8 Å². The Morgan fingerprint density at radius 1 is 1.27 bits per heavy atom. The summed E-state index contributed by atoms with van der Waals surface area (Å²) in [5.41, 5.74) is 2.60. The summed E-state index contributed by atoms with van der Waals surface area (Å²) < 4.78 is 6.88. The molecule has 0 aliphatic carbocycles. The molecule has 2 aromatic heterocycles. The zero-order valence-corrected chi connectivity index (χ0v) is 14.9. The molecule has 0 radical (unpaired) electrons. The minimum Gasteiger partial charge on any atom is -0.462 e. The third-order valence-electron chi connectivity index (χ3n) is 3.59. The van der Waals surface area contributed by atoms with E-state index in [2.05, 4.69) is 5.10 Å². The second kappa shape index (κ2) is 8.79. The number of para-hydroxylation sites is 1. The summed E-state index contributed by atoms with van der Waals surface area (Å²) in [6.45, 7) is 0.248. The average Bonchev–Trinajstić information content (AvgIpc) is 3.33. The van der Waals surface area contributed by atoms with Gasteiger partial charge < -0.3 is 4.74 Å². The molecule has 3 aromatic rings. The molecule has 0 aliphatic heterocycles. The second-order valence-electron chi connectivity index (χ2n) is 5.45. The highest BCUT2D eigenvalue weighted by Crippen LogP contribution is 2.28. The van der Waals surface area contributed by atoms with Gasteiger partial charge in [-0.05, 0) is 36.1 Å². The molecule has 0 fully saturated rings.